The van der Waals surface area contributed by atoms with E-state index in [9.17, 15) is 9.59 Å². The molecule has 0 atom stereocenters. The van der Waals surface area contributed by atoms with Crippen LogP contribution >= 0.6 is 0 Å². The van der Waals surface area contributed by atoms with Crippen LogP contribution in [0.4, 0.5) is 5.69 Å². The molecule has 0 aliphatic heterocycles. The fourth-order valence-corrected chi connectivity index (χ4v) is 3.09. The number of carbonyl (C=O) groups is 2. The van der Waals surface area contributed by atoms with Crippen molar-refractivity contribution >= 4 is 23.7 Å². The Morgan fingerprint density at radius 3 is 2.35 bits per heavy atom. The van der Waals surface area contributed by atoms with Gasteiger partial charge in [-0.1, -0.05) is 23.8 Å². The van der Waals surface area contributed by atoms with E-state index in [0.29, 0.717) is 29.2 Å². The summed E-state index contributed by atoms with van der Waals surface area (Å²) >= 11 is 0. The molecule has 2 N–H and O–H groups in total. The summed E-state index contributed by atoms with van der Waals surface area (Å²) in [6.45, 7) is 8.10. The first-order chi connectivity index (χ1) is 16.4. The van der Waals surface area contributed by atoms with Gasteiger partial charge in [-0.25, -0.2) is 5.43 Å². The molecule has 7 nitrogen and oxygen atoms in total. The molecule has 176 valence electrons. The van der Waals surface area contributed by atoms with Gasteiger partial charge in [0.25, 0.3) is 11.8 Å². The van der Waals surface area contributed by atoms with E-state index in [2.05, 4.69) is 15.8 Å². The molecule has 3 aromatic rings. The van der Waals surface area contributed by atoms with Gasteiger partial charge < -0.3 is 14.8 Å². The van der Waals surface area contributed by atoms with E-state index in [1.54, 1.807) is 30.3 Å². The van der Waals surface area contributed by atoms with Crippen molar-refractivity contribution in [1.29, 1.82) is 0 Å². The highest BCUT2D eigenvalue weighted by atomic mass is 16.5. The number of nitrogens with one attached hydrogen (secondary N) is 2. The smallest absolute Gasteiger partial charge is 0.271 e. The minimum atomic E-state index is -0.295. The largest absolute Gasteiger partial charge is 0.490 e. The van der Waals surface area contributed by atoms with Gasteiger partial charge in [0.05, 0.1) is 12.8 Å². The summed E-state index contributed by atoms with van der Waals surface area (Å²) in [6, 6.07) is 18.2. The van der Waals surface area contributed by atoms with Gasteiger partial charge >= 0.3 is 0 Å². The molecule has 0 aliphatic carbocycles. The number of amides is 2. The number of anilines is 1. The van der Waals surface area contributed by atoms with Gasteiger partial charge in [0, 0.05) is 11.3 Å². The average molecular weight is 460 g/mol. The third kappa shape index (κ3) is 6.93. The van der Waals surface area contributed by atoms with Crippen LogP contribution in [0.5, 0.6) is 11.5 Å². The van der Waals surface area contributed by atoms with Gasteiger partial charge in [-0.2, -0.15) is 5.10 Å². The van der Waals surface area contributed by atoms with Crippen molar-refractivity contribution in [2.45, 2.75) is 27.7 Å². The summed E-state index contributed by atoms with van der Waals surface area (Å²) in [7, 11) is 0. The Kier molecular flexibility index (Phi) is 8.40. The number of hydrazone groups is 1. The zero-order valence-electron chi connectivity index (χ0n) is 19.8. The summed E-state index contributed by atoms with van der Waals surface area (Å²) in [5, 5.41) is 6.85. The van der Waals surface area contributed by atoms with Gasteiger partial charge in [-0.3, -0.25) is 9.59 Å². The normalized spacial score (nSPS) is 10.7. The van der Waals surface area contributed by atoms with Crippen molar-refractivity contribution in [3.8, 4) is 11.5 Å². The maximum Gasteiger partial charge on any atom is 0.271 e. The highest BCUT2D eigenvalue weighted by molar-refractivity contribution is 5.95. The van der Waals surface area contributed by atoms with Gasteiger partial charge in [0.15, 0.2) is 18.1 Å². The first-order valence-electron chi connectivity index (χ1n) is 11.0. The van der Waals surface area contributed by atoms with E-state index in [-0.39, 0.29) is 18.4 Å². The Bertz CT molecular complexity index is 1190. The molecular weight excluding hydrogens is 430 g/mol. The Hall–Kier alpha value is -4.13. The maximum atomic E-state index is 12.3. The molecule has 2 amide bonds. The zero-order valence-corrected chi connectivity index (χ0v) is 19.8. The van der Waals surface area contributed by atoms with Crippen molar-refractivity contribution in [2.24, 2.45) is 5.10 Å². The lowest BCUT2D eigenvalue weighted by molar-refractivity contribution is -0.118. The summed E-state index contributed by atoms with van der Waals surface area (Å²) in [5.74, 6) is 0.361. The molecular formula is C27H29N3O4. The number of aryl methyl sites for hydroxylation is 3. The molecule has 0 saturated heterocycles. The van der Waals surface area contributed by atoms with Crippen LogP contribution in [0.15, 0.2) is 65.8 Å². The van der Waals surface area contributed by atoms with Crippen molar-refractivity contribution in [3.05, 3.63) is 88.5 Å². The maximum absolute atomic E-state index is 12.3. The summed E-state index contributed by atoms with van der Waals surface area (Å²) in [6.07, 6.45) is 1.52. The van der Waals surface area contributed by atoms with Crippen molar-refractivity contribution < 1.29 is 19.1 Å². The van der Waals surface area contributed by atoms with Gasteiger partial charge in [-0.05, 0) is 86.8 Å². The number of ether oxygens (including phenoxy) is 2. The number of carbonyl (C=O) groups excluding carboxylic acids is 2. The van der Waals surface area contributed by atoms with E-state index >= 15 is 0 Å². The van der Waals surface area contributed by atoms with Crippen LogP contribution < -0.4 is 20.2 Å². The molecule has 0 radical (unpaired) electrons. The molecule has 0 bridgehead atoms. The summed E-state index contributed by atoms with van der Waals surface area (Å²) < 4.78 is 11.4. The average Bonchev–Trinajstić information content (AvgIpc) is 2.81. The first-order valence-corrected chi connectivity index (χ1v) is 11.0. The van der Waals surface area contributed by atoms with Crippen LogP contribution in [0.1, 0.15) is 39.5 Å². The second-order valence-corrected chi connectivity index (χ2v) is 7.84. The van der Waals surface area contributed by atoms with Crippen molar-refractivity contribution in [2.75, 3.05) is 18.5 Å². The minimum absolute atomic E-state index is 0.160. The van der Waals surface area contributed by atoms with Gasteiger partial charge in [0.2, 0.25) is 0 Å². The quantitative estimate of drug-likeness (QED) is 0.356. The third-order valence-electron chi connectivity index (χ3n) is 5.11. The molecule has 34 heavy (non-hydrogen) atoms. The van der Waals surface area contributed by atoms with E-state index in [1.165, 1.54) is 6.21 Å². The summed E-state index contributed by atoms with van der Waals surface area (Å²) in [4.78, 5) is 24.5. The molecule has 0 heterocycles. The lowest BCUT2D eigenvalue weighted by atomic mass is 10.1. The molecule has 3 aromatic carbocycles. The fourth-order valence-electron chi connectivity index (χ4n) is 3.09. The van der Waals surface area contributed by atoms with E-state index < -0.39 is 0 Å². The molecule has 3 rings (SSSR count). The van der Waals surface area contributed by atoms with Crippen molar-refractivity contribution in [1.82, 2.24) is 5.43 Å². The van der Waals surface area contributed by atoms with E-state index in [4.69, 9.17) is 9.47 Å². The molecule has 7 heteroatoms. The van der Waals surface area contributed by atoms with E-state index in [1.807, 2.05) is 58.0 Å². The molecule has 0 fully saturated rings. The Labute approximate surface area is 199 Å². The van der Waals surface area contributed by atoms with Crippen LogP contribution in [0.2, 0.25) is 0 Å². The number of hydrogen-bond acceptors (Lipinski definition) is 5. The van der Waals surface area contributed by atoms with Crippen LogP contribution in [0, 0.1) is 20.8 Å². The molecule has 0 unspecified atom stereocenters. The van der Waals surface area contributed by atoms with Gasteiger partial charge in [0.1, 0.15) is 0 Å². The van der Waals surface area contributed by atoms with Crippen LogP contribution in [0.25, 0.3) is 0 Å². The number of nitrogens with zero attached hydrogens (tertiary/aromatic N) is 1. The number of benzene rings is 3. The first kappa shape index (κ1) is 24.5. The monoisotopic (exact) mass is 459 g/mol. The molecule has 0 aromatic heterocycles. The SMILES string of the molecule is CCOc1cc(/C=N/NC(=O)c2ccc(C)cc2)ccc1OCC(=O)Nc1ccc(C)c(C)c1. The zero-order chi connectivity index (χ0) is 24.5. The van der Waals surface area contributed by atoms with Crippen LogP contribution in [0.3, 0.4) is 0 Å². The predicted molar refractivity (Wildman–Crippen MR) is 134 cm³/mol. The van der Waals surface area contributed by atoms with Gasteiger partial charge in [-0.15, -0.1) is 0 Å². The lowest BCUT2D eigenvalue weighted by Gasteiger charge is -2.13. The minimum Gasteiger partial charge on any atom is -0.490 e. The fraction of sp³-hybridized carbons (Fsp3) is 0.222. The molecule has 0 aliphatic rings. The van der Waals surface area contributed by atoms with Crippen molar-refractivity contribution in [3.63, 3.8) is 0 Å². The van der Waals surface area contributed by atoms with E-state index in [0.717, 1.165) is 22.4 Å². The number of rotatable bonds is 9. The summed E-state index contributed by atoms with van der Waals surface area (Å²) in [5.41, 5.74) is 7.81. The standard InChI is InChI=1S/C27H29N3O4/c1-5-33-25-15-21(16-28-30-27(32)22-10-6-18(2)7-11-22)9-13-24(25)34-17-26(31)29-23-12-8-19(3)20(4)14-23/h6-16H,5,17H2,1-4H3,(H,29,31)(H,30,32)/b28-16+. The number of hydrogen-bond donors (Lipinski definition) is 2. The molecule has 0 spiro atoms. The second-order valence-electron chi connectivity index (χ2n) is 7.84. The third-order valence-corrected chi connectivity index (χ3v) is 5.11. The van der Waals surface area contributed by atoms with Crippen LogP contribution in [-0.4, -0.2) is 31.2 Å². The van der Waals surface area contributed by atoms with Crippen LogP contribution in [-0.2, 0) is 4.79 Å². The Morgan fingerprint density at radius 1 is 0.882 bits per heavy atom. The topological polar surface area (TPSA) is 89.0 Å². The Balaban J connectivity index is 1.59. The highest BCUT2D eigenvalue weighted by Crippen LogP contribution is 2.28. The molecule has 0 saturated carbocycles. The lowest BCUT2D eigenvalue weighted by Crippen LogP contribution is -2.20. The second kappa shape index (κ2) is 11.7. The predicted octanol–water partition coefficient (Wildman–Crippen LogP) is 4.79. The Morgan fingerprint density at radius 2 is 1.65 bits per heavy atom. The highest BCUT2D eigenvalue weighted by Gasteiger charge is 2.10.